The molecule has 7 nitrogen and oxygen atoms in total. The van der Waals surface area contributed by atoms with Gasteiger partial charge in [0, 0.05) is 11.6 Å². The molecule has 2 aliphatic rings. The lowest BCUT2D eigenvalue weighted by Gasteiger charge is -2.38. The van der Waals surface area contributed by atoms with Crippen LogP contribution in [0.1, 0.15) is 49.9 Å². The van der Waals surface area contributed by atoms with Crippen molar-refractivity contribution in [2.45, 2.75) is 51.2 Å². The van der Waals surface area contributed by atoms with Crippen molar-refractivity contribution in [1.29, 1.82) is 0 Å². The number of nitrogens with one attached hydrogen (secondary N) is 2. The first-order valence-electron chi connectivity index (χ1n) is 10.7. The van der Waals surface area contributed by atoms with Crippen LogP contribution >= 0.6 is 0 Å². The van der Waals surface area contributed by atoms with Crippen molar-refractivity contribution in [3.8, 4) is 5.75 Å². The fourth-order valence-electron chi connectivity index (χ4n) is 4.10. The van der Waals surface area contributed by atoms with Gasteiger partial charge in [0.1, 0.15) is 18.1 Å². The number of carbonyl (C=O) groups is 3. The van der Waals surface area contributed by atoms with Gasteiger partial charge in [0.05, 0.1) is 11.4 Å². The number of fused-ring (bicyclic) bond motifs is 1. The zero-order valence-corrected chi connectivity index (χ0v) is 18.1. The lowest BCUT2D eigenvalue weighted by atomic mass is 10.0. The largest absolute Gasteiger partial charge is 0.476 e. The smallest absolute Gasteiger partial charge is 0.271 e. The minimum atomic E-state index is -1.20. The molecule has 0 saturated heterocycles. The summed E-state index contributed by atoms with van der Waals surface area (Å²) < 4.78 is 19.8. The van der Waals surface area contributed by atoms with Gasteiger partial charge in [-0.25, -0.2) is 4.39 Å². The summed E-state index contributed by atoms with van der Waals surface area (Å²) in [4.78, 5) is 39.7. The van der Waals surface area contributed by atoms with E-state index in [2.05, 4.69) is 10.6 Å². The number of amides is 3. The van der Waals surface area contributed by atoms with Gasteiger partial charge in [0.15, 0.2) is 5.60 Å². The Balaban J connectivity index is 1.58. The van der Waals surface area contributed by atoms with E-state index < -0.39 is 23.2 Å². The summed E-state index contributed by atoms with van der Waals surface area (Å²) in [5.41, 5.74) is -0.454. The highest BCUT2D eigenvalue weighted by atomic mass is 19.1. The molecule has 8 heteroatoms. The van der Waals surface area contributed by atoms with Gasteiger partial charge in [0.25, 0.3) is 11.8 Å². The molecule has 1 fully saturated rings. The first kappa shape index (κ1) is 21.8. The second-order valence-corrected chi connectivity index (χ2v) is 8.67. The van der Waals surface area contributed by atoms with Gasteiger partial charge >= 0.3 is 0 Å². The summed E-state index contributed by atoms with van der Waals surface area (Å²) in [7, 11) is 0. The van der Waals surface area contributed by atoms with Gasteiger partial charge < -0.3 is 15.4 Å². The maximum Gasteiger partial charge on any atom is 0.271 e. The Hall–Kier alpha value is -3.42. The number of ether oxygens (including phenoxy) is 1. The summed E-state index contributed by atoms with van der Waals surface area (Å²) in [6.07, 6.45) is 4.10. The normalized spacial score (nSPS) is 17.5. The lowest BCUT2D eigenvalue weighted by molar-refractivity contribution is -0.133. The fraction of sp³-hybridized carbons (Fsp3) is 0.375. The maximum atomic E-state index is 13.9. The Bertz CT molecular complexity index is 1060. The van der Waals surface area contributed by atoms with Gasteiger partial charge in [-0.1, -0.05) is 25.0 Å². The highest BCUT2D eigenvalue weighted by Gasteiger charge is 2.42. The van der Waals surface area contributed by atoms with E-state index in [0.29, 0.717) is 17.0 Å². The van der Waals surface area contributed by atoms with E-state index in [1.807, 2.05) is 0 Å². The number of para-hydroxylation sites is 1. The highest BCUT2D eigenvalue weighted by molar-refractivity contribution is 6.08. The van der Waals surface area contributed by atoms with Crippen LogP contribution in [0.5, 0.6) is 5.75 Å². The molecule has 1 heterocycles. The van der Waals surface area contributed by atoms with Crippen LogP contribution in [0.2, 0.25) is 0 Å². The fourth-order valence-corrected chi connectivity index (χ4v) is 4.10. The second-order valence-electron chi connectivity index (χ2n) is 8.67. The second kappa shape index (κ2) is 8.61. The molecule has 3 amide bonds. The van der Waals surface area contributed by atoms with Crippen LogP contribution in [0.3, 0.4) is 0 Å². The van der Waals surface area contributed by atoms with E-state index in [4.69, 9.17) is 4.74 Å². The molecule has 0 bridgehead atoms. The average molecular weight is 439 g/mol. The number of hydrogen-bond acceptors (Lipinski definition) is 4. The van der Waals surface area contributed by atoms with Crippen LogP contribution in [0.25, 0.3) is 0 Å². The number of rotatable bonds is 5. The number of hydrogen-bond donors (Lipinski definition) is 2. The van der Waals surface area contributed by atoms with Gasteiger partial charge in [-0.05, 0) is 57.0 Å². The monoisotopic (exact) mass is 439 g/mol. The molecular weight excluding hydrogens is 413 g/mol. The molecule has 2 aromatic carbocycles. The third-order valence-corrected chi connectivity index (χ3v) is 5.78. The summed E-state index contributed by atoms with van der Waals surface area (Å²) in [6, 6.07) is 10.8. The zero-order valence-electron chi connectivity index (χ0n) is 18.1. The summed E-state index contributed by atoms with van der Waals surface area (Å²) in [6.45, 7) is 2.88. The first-order valence-corrected chi connectivity index (χ1v) is 10.7. The third kappa shape index (κ3) is 4.44. The number of nitrogens with zero attached hydrogens (tertiary/aromatic N) is 1. The molecule has 4 rings (SSSR count). The molecule has 1 aliphatic carbocycles. The third-order valence-electron chi connectivity index (χ3n) is 5.78. The van der Waals surface area contributed by atoms with Crippen molar-refractivity contribution in [3.05, 3.63) is 53.8 Å². The molecule has 2 N–H and O–H groups in total. The van der Waals surface area contributed by atoms with Crippen molar-refractivity contribution in [2.24, 2.45) is 0 Å². The summed E-state index contributed by atoms with van der Waals surface area (Å²) >= 11 is 0. The maximum absolute atomic E-state index is 13.9. The molecule has 0 atom stereocenters. The van der Waals surface area contributed by atoms with Gasteiger partial charge in [-0.15, -0.1) is 0 Å². The van der Waals surface area contributed by atoms with Gasteiger partial charge in [-0.2, -0.15) is 0 Å². The van der Waals surface area contributed by atoms with E-state index in [1.54, 1.807) is 38.1 Å². The summed E-state index contributed by atoms with van der Waals surface area (Å²) in [5, 5.41) is 5.51. The molecule has 2 aromatic rings. The van der Waals surface area contributed by atoms with Crippen molar-refractivity contribution in [2.75, 3.05) is 16.8 Å². The Labute approximate surface area is 185 Å². The molecule has 0 radical (unpaired) electrons. The van der Waals surface area contributed by atoms with Gasteiger partial charge in [0.2, 0.25) is 5.91 Å². The van der Waals surface area contributed by atoms with E-state index in [-0.39, 0.29) is 24.2 Å². The standard InChI is InChI=1S/C24H26FN3O4/c1-24(2)23(31)28(14-21(29)27-18-10-6-5-9-17(18)25)19-13-15(11-12-20(19)32-24)22(30)26-16-7-3-4-8-16/h5-6,9-13,16H,3-4,7-8,14H2,1-2H3,(H,26,30)(H,27,29). The molecular formula is C24H26FN3O4. The van der Waals surface area contributed by atoms with Crippen LogP contribution < -0.4 is 20.3 Å². The van der Waals surface area contributed by atoms with Crippen molar-refractivity contribution < 1.29 is 23.5 Å². The highest BCUT2D eigenvalue weighted by Crippen LogP contribution is 2.38. The van der Waals surface area contributed by atoms with E-state index in [0.717, 1.165) is 25.7 Å². The minimum absolute atomic E-state index is 0.0300. The molecule has 168 valence electrons. The Morgan fingerprint density at radius 1 is 1.16 bits per heavy atom. The Morgan fingerprint density at radius 3 is 2.59 bits per heavy atom. The van der Waals surface area contributed by atoms with Crippen molar-refractivity contribution in [3.63, 3.8) is 0 Å². The SMILES string of the molecule is CC1(C)Oc2ccc(C(=O)NC3CCCC3)cc2N(CC(=O)Nc2ccccc2F)C1=O. The minimum Gasteiger partial charge on any atom is -0.476 e. The van der Waals surface area contributed by atoms with E-state index in [1.165, 1.54) is 23.1 Å². The predicted octanol–water partition coefficient (Wildman–Crippen LogP) is 3.64. The van der Waals surface area contributed by atoms with Crippen LogP contribution in [-0.4, -0.2) is 35.9 Å². The molecule has 0 aromatic heterocycles. The molecule has 0 spiro atoms. The van der Waals surface area contributed by atoms with Crippen LogP contribution in [0.4, 0.5) is 15.8 Å². The van der Waals surface area contributed by atoms with Crippen LogP contribution in [0.15, 0.2) is 42.5 Å². The number of benzene rings is 2. The zero-order chi connectivity index (χ0) is 22.9. The Morgan fingerprint density at radius 2 is 1.88 bits per heavy atom. The number of halogens is 1. The predicted molar refractivity (Wildman–Crippen MR) is 118 cm³/mol. The van der Waals surface area contributed by atoms with E-state index >= 15 is 0 Å². The molecule has 1 aliphatic heterocycles. The first-order chi connectivity index (χ1) is 15.2. The average Bonchev–Trinajstić information content (AvgIpc) is 3.25. The van der Waals surface area contributed by atoms with Crippen molar-refractivity contribution >= 4 is 29.1 Å². The quantitative estimate of drug-likeness (QED) is 0.745. The topological polar surface area (TPSA) is 87.7 Å². The molecule has 1 saturated carbocycles. The van der Waals surface area contributed by atoms with Crippen LogP contribution in [-0.2, 0) is 9.59 Å². The number of anilines is 2. The Kier molecular flexibility index (Phi) is 5.86. The lowest BCUT2D eigenvalue weighted by Crippen LogP contribution is -2.54. The van der Waals surface area contributed by atoms with Gasteiger partial charge in [-0.3, -0.25) is 19.3 Å². The summed E-state index contributed by atoms with van der Waals surface area (Å²) in [5.74, 6) is -1.39. The van der Waals surface area contributed by atoms with Crippen molar-refractivity contribution in [1.82, 2.24) is 5.32 Å². The van der Waals surface area contributed by atoms with E-state index in [9.17, 15) is 18.8 Å². The molecule has 0 unspecified atom stereocenters. The van der Waals surface area contributed by atoms with Crippen LogP contribution in [0, 0.1) is 5.82 Å². The number of carbonyl (C=O) groups excluding carboxylic acids is 3. The molecule has 32 heavy (non-hydrogen) atoms.